The molecular formula is C16H25N3O2. The first-order chi connectivity index (χ1) is 10.1. The summed E-state index contributed by atoms with van der Waals surface area (Å²) in [7, 11) is 0. The molecule has 1 aromatic carbocycles. The molecule has 1 fully saturated rings. The number of ether oxygens (including phenoxy) is 1. The van der Waals surface area contributed by atoms with Crippen LogP contribution in [0, 0.1) is 6.92 Å². The highest BCUT2D eigenvalue weighted by atomic mass is 16.5. The number of primary amides is 1. The summed E-state index contributed by atoms with van der Waals surface area (Å²) in [5, 5.41) is 0. The van der Waals surface area contributed by atoms with Crippen molar-refractivity contribution in [3.05, 3.63) is 29.8 Å². The molecule has 0 atom stereocenters. The van der Waals surface area contributed by atoms with Crippen molar-refractivity contribution in [2.24, 2.45) is 5.73 Å². The maximum Gasteiger partial charge on any atom is 0.231 e. The van der Waals surface area contributed by atoms with Crippen LogP contribution in [0.2, 0.25) is 0 Å². The van der Waals surface area contributed by atoms with Gasteiger partial charge < -0.3 is 15.4 Å². The fourth-order valence-electron chi connectivity index (χ4n) is 2.50. The molecule has 1 amide bonds. The molecular weight excluding hydrogens is 266 g/mol. The Morgan fingerprint density at radius 3 is 2.38 bits per heavy atom. The van der Waals surface area contributed by atoms with Crippen LogP contribution in [0.15, 0.2) is 24.3 Å². The highest BCUT2D eigenvalue weighted by Gasteiger charge is 2.17. The Labute approximate surface area is 126 Å². The smallest absolute Gasteiger partial charge is 0.231 e. The number of carbonyl (C=O) groups excluding carboxylic acids is 1. The third kappa shape index (κ3) is 5.73. The van der Waals surface area contributed by atoms with Crippen LogP contribution in [0.5, 0.6) is 5.75 Å². The van der Waals surface area contributed by atoms with E-state index in [-0.39, 0.29) is 5.91 Å². The molecule has 1 aliphatic rings. The number of carbonyl (C=O) groups is 1. The van der Waals surface area contributed by atoms with Crippen LogP contribution >= 0.6 is 0 Å². The Balaban J connectivity index is 1.57. The maximum absolute atomic E-state index is 10.9. The summed E-state index contributed by atoms with van der Waals surface area (Å²) >= 11 is 0. The zero-order valence-corrected chi connectivity index (χ0v) is 12.8. The quantitative estimate of drug-likeness (QED) is 0.757. The highest BCUT2D eigenvalue weighted by Crippen LogP contribution is 2.11. The van der Waals surface area contributed by atoms with Crippen molar-refractivity contribution in [2.45, 2.75) is 13.3 Å². The lowest BCUT2D eigenvalue weighted by atomic mass is 10.2. The molecule has 5 nitrogen and oxygen atoms in total. The summed E-state index contributed by atoms with van der Waals surface area (Å²) in [6.45, 7) is 8.06. The third-order valence-electron chi connectivity index (χ3n) is 3.75. The van der Waals surface area contributed by atoms with Gasteiger partial charge in [0.1, 0.15) is 5.75 Å². The number of hydrogen-bond acceptors (Lipinski definition) is 4. The second-order valence-electron chi connectivity index (χ2n) is 5.60. The van der Waals surface area contributed by atoms with E-state index in [1.807, 2.05) is 12.1 Å². The van der Waals surface area contributed by atoms with Crippen LogP contribution < -0.4 is 10.5 Å². The van der Waals surface area contributed by atoms with Gasteiger partial charge >= 0.3 is 0 Å². The Bertz CT molecular complexity index is 439. The minimum Gasteiger partial charge on any atom is -0.494 e. The molecule has 0 saturated carbocycles. The molecule has 1 aromatic rings. The molecule has 2 rings (SSSR count). The van der Waals surface area contributed by atoms with Gasteiger partial charge in [-0.15, -0.1) is 0 Å². The van der Waals surface area contributed by atoms with Crippen molar-refractivity contribution in [1.82, 2.24) is 9.80 Å². The van der Waals surface area contributed by atoms with Gasteiger partial charge in [0.2, 0.25) is 5.91 Å². The van der Waals surface area contributed by atoms with Gasteiger partial charge in [0.25, 0.3) is 0 Å². The number of hydrogen-bond donors (Lipinski definition) is 1. The summed E-state index contributed by atoms with van der Waals surface area (Å²) in [6, 6.07) is 8.15. The lowest BCUT2D eigenvalue weighted by molar-refractivity contribution is -0.119. The zero-order chi connectivity index (χ0) is 15.1. The van der Waals surface area contributed by atoms with Gasteiger partial charge in [-0.25, -0.2) is 0 Å². The van der Waals surface area contributed by atoms with Crippen LogP contribution in [0.4, 0.5) is 0 Å². The average molecular weight is 291 g/mol. The molecule has 1 heterocycles. The van der Waals surface area contributed by atoms with Crippen molar-refractivity contribution >= 4 is 5.91 Å². The molecule has 2 N–H and O–H groups in total. The SMILES string of the molecule is Cc1ccc(OCCCN2CCN(CC(N)=O)CC2)cc1. The molecule has 0 aromatic heterocycles. The number of amides is 1. The van der Waals surface area contributed by atoms with Crippen molar-refractivity contribution < 1.29 is 9.53 Å². The van der Waals surface area contributed by atoms with Crippen molar-refractivity contribution in [3.8, 4) is 5.75 Å². The van der Waals surface area contributed by atoms with Gasteiger partial charge in [-0.1, -0.05) is 17.7 Å². The van der Waals surface area contributed by atoms with Gasteiger partial charge in [-0.05, 0) is 25.5 Å². The van der Waals surface area contributed by atoms with Crippen LogP contribution in [-0.4, -0.2) is 61.6 Å². The molecule has 0 radical (unpaired) electrons. The van der Waals surface area contributed by atoms with Crippen LogP contribution in [0.3, 0.4) is 0 Å². The average Bonchev–Trinajstić information content (AvgIpc) is 2.46. The summed E-state index contributed by atoms with van der Waals surface area (Å²) < 4.78 is 5.73. The minimum atomic E-state index is -0.241. The normalized spacial score (nSPS) is 16.8. The fourth-order valence-corrected chi connectivity index (χ4v) is 2.50. The molecule has 1 aliphatic heterocycles. The molecule has 0 unspecified atom stereocenters. The van der Waals surface area contributed by atoms with E-state index in [0.29, 0.717) is 6.54 Å². The summed E-state index contributed by atoms with van der Waals surface area (Å²) in [4.78, 5) is 15.4. The van der Waals surface area contributed by atoms with Gasteiger partial charge in [-0.3, -0.25) is 9.69 Å². The van der Waals surface area contributed by atoms with Gasteiger partial charge in [0.15, 0.2) is 0 Å². The van der Waals surface area contributed by atoms with Gasteiger partial charge in [-0.2, -0.15) is 0 Å². The summed E-state index contributed by atoms with van der Waals surface area (Å²) in [5.41, 5.74) is 6.46. The maximum atomic E-state index is 10.9. The topological polar surface area (TPSA) is 58.8 Å². The Kier molecular flexibility index (Phi) is 6.02. The van der Waals surface area contributed by atoms with Crippen molar-refractivity contribution in [3.63, 3.8) is 0 Å². The van der Waals surface area contributed by atoms with E-state index in [1.165, 1.54) is 5.56 Å². The standard InChI is InChI=1S/C16H25N3O2/c1-14-3-5-15(6-4-14)21-12-2-7-18-8-10-19(11-9-18)13-16(17)20/h3-6H,2,7-13H2,1H3,(H2,17,20). The molecule has 5 heteroatoms. The second kappa shape index (κ2) is 8.00. The van der Waals surface area contributed by atoms with Crippen LogP contribution in [0.25, 0.3) is 0 Å². The summed E-state index contributed by atoms with van der Waals surface area (Å²) in [5.74, 6) is 0.696. The Morgan fingerprint density at radius 1 is 1.14 bits per heavy atom. The fraction of sp³-hybridized carbons (Fsp3) is 0.562. The Hall–Kier alpha value is -1.59. The first-order valence-electron chi connectivity index (χ1n) is 7.56. The number of piperazine rings is 1. The zero-order valence-electron chi connectivity index (χ0n) is 12.8. The van der Waals surface area contributed by atoms with Crippen LogP contribution in [0.1, 0.15) is 12.0 Å². The van der Waals surface area contributed by atoms with Crippen molar-refractivity contribution in [1.29, 1.82) is 0 Å². The molecule has 116 valence electrons. The molecule has 1 saturated heterocycles. The van der Waals surface area contributed by atoms with Crippen molar-refractivity contribution in [2.75, 3.05) is 45.9 Å². The molecule has 0 spiro atoms. The lowest BCUT2D eigenvalue weighted by Gasteiger charge is -2.33. The van der Waals surface area contributed by atoms with E-state index in [1.54, 1.807) is 0 Å². The first-order valence-corrected chi connectivity index (χ1v) is 7.56. The van der Waals surface area contributed by atoms with Crippen LogP contribution in [-0.2, 0) is 4.79 Å². The predicted octanol–water partition coefficient (Wildman–Crippen LogP) is 0.867. The number of nitrogens with two attached hydrogens (primary N) is 1. The second-order valence-corrected chi connectivity index (χ2v) is 5.60. The number of aryl methyl sites for hydroxylation is 1. The summed E-state index contributed by atoms with van der Waals surface area (Å²) in [6.07, 6.45) is 1.02. The monoisotopic (exact) mass is 291 g/mol. The van der Waals surface area contributed by atoms with E-state index in [9.17, 15) is 4.79 Å². The van der Waals surface area contributed by atoms with E-state index in [0.717, 1.165) is 51.5 Å². The number of benzene rings is 1. The largest absolute Gasteiger partial charge is 0.494 e. The molecule has 0 bridgehead atoms. The number of nitrogens with zero attached hydrogens (tertiary/aromatic N) is 2. The minimum absolute atomic E-state index is 0.241. The predicted molar refractivity (Wildman–Crippen MR) is 83.4 cm³/mol. The van der Waals surface area contributed by atoms with Gasteiger partial charge in [0, 0.05) is 32.7 Å². The number of rotatable bonds is 7. The highest BCUT2D eigenvalue weighted by molar-refractivity contribution is 5.75. The first kappa shape index (κ1) is 15.8. The Morgan fingerprint density at radius 2 is 1.76 bits per heavy atom. The molecule has 0 aliphatic carbocycles. The van der Waals surface area contributed by atoms with E-state index < -0.39 is 0 Å². The van der Waals surface area contributed by atoms with E-state index >= 15 is 0 Å². The molecule has 21 heavy (non-hydrogen) atoms. The lowest BCUT2D eigenvalue weighted by Crippen LogP contribution is -2.49. The van der Waals surface area contributed by atoms with E-state index in [2.05, 4.69) is 28.9 Å². The van der Waals surface area contributed by atoms with Gasteiger partial charge in [0.05, 0.1) is 13.2 Å². The third-order valence-corrected chi connectivity index (χ3v) is 3.75. The van der Waals surface area contributed by atoms with E-state index in [4.69, 9.17) is 10.5 Å².